The maximum atomic E-state index is 12.8. The zero-order valence-corrected chi connectivity index (χ0v) is 11.5. The Morgan fingerprint density at radius 2 is 2.05 bits per heavy atom. The minimum absolute atomic E-state index is 0.0935. The smallest absolute Gasteiger partial charge is 0.417 e. The van der Waals surface area contributed by atoms with Crippen LogP contribution in [0.2, 0.25) is 0 Å². The third-order valence-corrected chi connectivity index (χ3v) is 3.16. The molecule has 21 heavy (non-hydrogen) atoms. The molecule has 0 N–H and O–H groups in total. The summed E-state index contributed by atoms with van der Waals surface area (Å²) in [5.41, 5.74) is -0.814. The molecular formula is C12H9F3N2O3S. The molecule has 1 heterocycles. The van der Waals surface area contributed by atoms with E-state index >= 15 is 0 Å². The molecule has 2 rings (SSSR count). The molecular weight excluding hydrogens is 309 g/mol. The highest BCUT2D eigenvalue weighted by Gasteiger charge is 2.33. The molecule has 9 heteroatoms. The Kier molecular flexibility index (Phi) is 4.51. The van der Waals surface area contributed by atoms with Crippen molar-refractivity contribution in [3.05, 3.63) is 35.7 Å². The molecule has 0 spiro atoms. The molecule has 0 aliphatic rings. The van der Waals surface area contributed by atoms with Gasteiger partial charge in [-0.2, -0.15) is 13.2 Å². The molecule has 0 aliphatic carbocycles. The van der Waals surface area contributed by atoms with Crippen molar-refractivity contribution in [1.82, 2.24) is 10.2 Å². The average Bonchev–Trinajstić information content (AvgIpc) is 2.87. The zero-order valence-electron chi connectivity index (χ0n) is 10.7. The minimum atomic E-state index is -4.49. The number of aromatic nitrogens is 2. The largest absolute Gasteiger partial charge is 0.459 e. The van der Waals surface area contributed by atoms with Gasteiger partial charge in [-0.25, -0.2) is 4.79 Å². The number of halogens is 3. The van der Waals surface area contributed by atoms with E-state index in [1.807, 2.05) is 0 Å². The molecule has 0 fully saturated rings. The van der Waals surface area contributed by atoms with Gasteiger partial charge >= 0.3 is 18.0 Å². The van der Waals surface area contributed by atoms with E-state index in [-0.39, 0.29) is 16.7 Å². The predicted molar refractivity (Wildman–Crippen MR) is 65.8 cm³/mol. The van der Waals surface area contributed by atoms with Crippen molar-refractivity contribution in [2.45, 2.75) is 23.2 Å². The number of ether oxygens (including phenoxy) is 1. The van der Waals surface area contributed by atoms with Crippen LogP contribution in [-0.4, -0.2) is 22.8 Å². The maximum absolute atomic E-state index is 12.8. The number of alkyl halides is 3. The first-order valence-electron chi connectivity index (χ1n) is 5.76. The molecule has 0 amide bonds. The van der Waals surface area contributed by atoms with E-state index in [2.05, 4.69) is 14.9 Å². The number of benzene rings is 1. The fraction of sp³-hybridized carbons (Fsp3) is 0.250. The summed E-state index contributed by atoms with van der Waals surface area (Å²) in [5, 5.41) is 6.77. The molecule has 1 aromatic carbocycles. The molecule has 0 radical (unpaired) electrons. The van der Waals surface area contributed by atoms with Crippen molar-refractivity contribution in [3.63, 3.8) is 0 Å². The summed E-state index contributed by atoms with van der Waals surface area (Å²) in [5.74, 6) is -1.22. The Morgan fingerprint density at radius 1 is 1.33 bits per heavy atom. The summed E-state index contributed by atoms with van der Waals surface area (Å²) in [6, 6.07) is 4.97. The van der Waals surface area contributed by atoms with Gasteiger partial charge in [0.15, 0.2) is 0 Å². The van der Waals surface area contributed by atoms with Crippen LogP contribution in [0.3, 0.4) is 0 Å². The van der Waals surface area contributed by atoms with Gasteiger partial charge in [0.05, 0.1) is 12.2 Å². The van der Waals surface area contributed by atoms with Gasteiger partial charge in [0.1, 0.15) is 0 Å². The van der Waals surface area contributed by atoms with Gasteiger partial charge in [-0.05, 0) is 30.8 Å². The third kappa shape index (κ3) is 3.75. The van der Waals surface area contributed by atoms with E-state index in [0.29, 0.717) is 11.8 Å². The van der Waals surface area contributed by atoms with Crippen molar-refractivity contribution >= 4 is 17.7 Å². The second kappa shape index (κ2) is 6.17. The first kappa shape index (κ1) is 15.4. The normalized spacial score (nSPS) is 11.4. The summed E-state index contributed by atoms with van der Waals surface area (Å²) in [4.78, 5) is 11.2. The lowest BCUT2D eigenvalue weighted by Gasteiger charge is -2.10. The number of carbonyl (C=O) groups excluding carboxylic acids is 1. The standard InChI is InChI=1S/C12H9F3N2O3S/c1-2-19-10(18)9-16-17-11(20-9)21-8-6-4-3-5-7(8)12(13,14)15/h3-6H,2H2,1H3. The molecule has 5 nitrogen and oxygen atoms in total. The molecule has 0 aliphatic heterocycles. The second-order valence-corrected chi connectivity index (χ2v) is 4.68. The van der Waals surface area contributed by atoms with Crippen molar-refractivity contribution in [2.24, 2.45) is 0 Å². The topological polar surface area (TPSA) is 65.2 Å². The van der Waals surface area contributed by atoms with Crippen LogP contribution in [0.1, 0.15) is 23.2 Å². The number of hydrogen-bond donors (Lipinski definition) is 0. The van der Waals surface area contributed by atoms with Crippen LogP contribution in [-0.2, 0) is 10.9 Å². The number of hydrogen-bond acceptors (Lipinski definition) is 6. The summed E-state index contributed by atoms with van der Waals surface area (Å²) in [7, 11) is 0. The minimum Gasteiger partial charge on any atom is -0.459 e. The fourth-order valence-electron chi connectivity index (χ4n) is 1.41. The Hall–Kier alpha value is -2.03. The highest BCUT2D eigenvalue weighted by atomic mass is 32.2. The Morgan fingerprint density at radius 3 is 2.71 bits per heavy atom. The Balaban J connectivity index is 2.22. The maximum Gasteiger partial charge on any atom is 0.417 e. The number of rotatable bonds is 4. The van der Waals surface area contributed by atoms with Gasteiger partial charge in [-0.15, -0.1) is 5.10 Å². The van der Waals surface area contributed by atoms with Gasteiger partial charge in [0.25, 0.3) is 5.22 Å². The molecule has 0 saturated heterocycles. The molecule has 1 aromatic heterocycles. The van der Waals surface area contributed by atoms with Crippen LogP contribution in [0, 0.1) is 0 Å². The summed E-state index contributed by atoms with van der Waals surface area (Å²) >= 11 is 0.629. The number of esters is 1. The van der Waals surface area contributed by atoms with Crippen LogP contribution in [0.15, 0.2) is 38.8 Å². The Labute approximate surface area is 121 Å². The number of carbonyl (C=O) groups is 1. The van der Waals surface area contributed by atoms with Gasteiger partial charge in [-0.3, -0.25) is 0 Å². The predicted octanol–water partition coefficient (Wildman–Crippen LogP) is 3.42. The zero-order chi connectivity index (χ0) is 15.5. The molecule has 0 unspecified atom stereocenters. The second-order valence-electron chi connectivity index (χ2n) is 3.69. The van der Waals surface area contributed by atoms with Gasteiger partial charge in [0.2, 0.25) is 0 Å². The van der Waals surface area contributed by atoms with E-state index in [1.165, 1.54) is 18.2 Å². The lowest BCUT2D eigenvalue weighted by molar-refractivity contribution is -0.139. The SMILES string of the molecule is CCOC(=O)c1nnc(Sc2ccccc2C(F)(F)F)o1. The summed E-state index contributed by atoms with van der Waals surface area (Å²) < 4.78 is 48.1. The van der Waals surface area contributed by atoms with Crippen LogP contribution in [0.5, 0.6) is 0 Å². The van der Waals surface area contributed by atoms with Crippen molar-refractivity contribution in [1.29, 1.82) is 0 Å². The molecule has 112 valence electrons. The third-order valence-electron chi connectivity index (χ3n) is 2.25. The van der Waals surface area contributed by atoms with E-state index < -0.39 is 23.6 Å². The summed E-state index contributed by atoms with van der Waals surface area (Å²) in [6.07, 6.45) is -4.49. The van der Waals surface area contributed by atoms with E-state index in [4.69, 9.17) is 4.42 Å². The summed E-state index contributed by atoms with van der Waals surface area (Å²) in [6.45, 7) is 1.73. The highest BCUT2D eigenvalue weighted by molar-refractivity contribution is 7.99. The molecule has 0 bridgehead atoms. The van der Waals surface area contributed by atoms with Gasteiger partial charge in [-0.1, -0.05) is 17.2 Å². The van der Waals surface area contributed by atoms with E-state index in [1.54, 1.807) is 6.92 Å². The van der Waals surface area contributed by atoms with Crippen LogP contribution < -0.4 is 0 Å². The van der Waals surface area contributed by atoms with Crippen LogP contribution in [0.4, 0.5) is 13.2 Å². The monoisotopic (exact) mass is 318 g/mol. The lowest BCUT2D eigenvalue weighted by Crippen LogP contribution is -2.06. The van der Waals surface area contributed by atoms with E-state index in [0.717, 1.165) is 6.07 Å². The number of nitrogens with zero attached hydrogens (tertiary/aromatic N) is 2. The lowest BCUT2D eigenvalue weighted by atomic mass is 10.2. The van der Waals surface area contributed by atoms with Crippen molar-refractivity contribution in [2.75, 3.05) is 6.61 Å². The fourth-order valence-corrected chi connectivity index (χ4v) is 2.24. The Bertz CT molecular complexity index is 643. The van der Waals surface area contributed by atoms with Crippen LogP contribution >= 0.6 is 11.8 Å². The first-order chi connectivity index (χ1) is 9.91. The molecule has 0 atom stereocenters. The van der Waals surface area contributed by atoms with Gasteiger partial charge < -0.3 is 9.15 Å². The molecule has 0 saturated carbocycles. The van der Waals surface area contributed by atoms with Crippen LogP contribution in [0.25, 0.3) is 0 Å². The van der Waals surface area contributed by atoms with Crippen molar-refractivity contribution < 1.29 is 27.1 Å². The quantitative estimate of drug-likeness (QED) is 0.805. The van der Waals surface area contributed by atoms with Crippen molar-refractivity contribution in [3.8, 4) is 0 Å². The van der Waals surface area contributed by atoms with Gasteiger partial charge in [0, 0.05) is 4.90 Å². The molecule has 2 aromatic rings. The first-order valence-corrected chi connectivity index (χ1v) is 6.58. The average molecular weight is 318 g/mol. The highest BCUT2D eigenvalue weighted by Crippen LogP contribution is 2.38. The van der Waals surface area contributed by atoms with E-state index in [9.17, 15) is 18.0 Å².